The fourth-order valence-electron chi connectivity index (χ4n) is 2.54. The number of aromatic nitrogens is 1. The number of carbonyl (C=O) groups is 1. The SMILES string of the molecule is Cc1c(Cl)ccc2sc(=NC(=O)CS(=O)(=O)c3ccc(F)cc3)n(C)c12. The molecule has 1 heterocycles. The lowest BCUT2D eigenvalue weighted by molar-refractivity contribution is -0.115. The van der Waals surface area contributed by atoms with Gasteiger partial charge in [-0.25, -0.2) is 12.8 Å². The number of benzene rings is 2. The van der Waals surface area contributed by atoms with E-state index in [-0.39, 0.29) is 4.90 Å². The van der Waals surface area contributed by atoms with Crippen LogP contribution in [0.25, 0.3) is 10.2 Å². The van der Waals surface area contributed by atoms with Crippen LogP contribution in [-0.2, 0) is 21.7 Å². The number of rotatable bonds is 3. The van der Waals surface area contributed by atoms with Gasteiger partial charge in [-0.2, -0.15) is 4.99 Å². The Hall–Kier alpha value is -2.03. The molecule has 0 atom stereocenters. The molecule has 0 aliphatic carbocycles. The van der Waals surface area contributed by atoms with Crippen molar-refractivity contribution in [1.29, 1.82) is 0 Å². The molecule has 1 aromatic heterocycles. The molecular weight excluding hydrogens is 399 g/mol. The van der Waals surface area contributed by atoms with E-state index < -0.39 is 27.3 Å². The average Bonchev–Trinajstić information content (AvgIpc) is 2.87. The number of thiazole rings is 1. The summed E-state index contributed by atoms with van der Waals surface area (Å²) < 4.78 is 40.1. The highest BCUT2D eigenvalue weighted by Crippen LogP contribution is 2.26. The van der Waals surface area contributed by atoms with Gasteiger partial charge in [-0.1, -0.05) is 22.9 Å². The standard InChI is InChI=1S/C17H14ClFN2O3S2/c1-10-13(18)7-8-14-16(10)21(2)17(25-14)20-15(22)9-26(23,24)12-5-3-11(19)4-6-12/h3-8H,9H2,1-2H3. The van der Waals surface area contributed by atoms with Gasteiger partial charge in [-0.3, -0.25) is 4.79 Å². The Kier molecular flexibility index (Phi) is 5.01. The molecule has 0 N–H and O–H groups in total. The molecule has 136 valence electrons. The third-order valence-electron chi connectivity index (χ3n) is 3.86. The molecule has 0 aliphatic rings. The van der Waals surface area contributed by atoms with E-state index in [1.807, 2.05) is 13.0 Å². The molecule has 0 fully saturated rings. The lowest BCUT2D eigenvalue weighted by Crippen LogP contribution is -2.19. The second-order valence-corrected chi connectivity index (χ2v) is 9.09. The van der Waals surface area contributed by atoms with E-state index in [1.54, 1.807) is 17.7 Å². The van der Waals surface area contributed by atoms with Crippen molar-refractivity contribution in [2.24, 2.45) is 12.0 Å². The summed E-state index contributed by atoms with van der Waals surface area (Å²) in [4.78, 5) is 16.4. The van der Waals surface area contributed by atoms with Gasteiger partial charge in [0.2, 0.25) is 0 Å². The van der Waals surface area contributed by atoms with E-state index in [2.05, 4.69) is 4.99 Å². The predicted molar refractivity (Wildman–Crippen MR) is 99.6 cm³/mol. The van der Waals surface area contributed by atoms with E-state index in [9.17, 15) is 17.6 Å². The zero-order chi connectivity index (χ0) is 19.1. The van der Waals surface area contributed by atoms with Crippen LogP contribution < -0.4 is 4.80 Å². The van der Waals surface area contributed by atoms with Crippen molar-refractivity contribution < 1.29 is 17.6 Å². The van der Waals surface area contributed by atoms with Gasteiger partial charge >= 0.3 is 0 Å². The molecule has 9 heteroatoms. The van der Waals surface area contributed by atoms with Crippen LogP contribution >= 0.6 is 22.9 Å². The fraction of sp³-hybridized carbons (Fsp3) is 0.176. The number of sulfone groups is 1. The Labute approximate surface area is 158 Å². The number of aryl methyl sites for hydroxylation is 2. The molecule has 2 aromatic carbocycles. The van der Waals surface area contributed by atoms with Gasteiger partial charge in [0.1, 0.15) is 11.6 Å². The minimum absolute atomic E-state index is 0.120. The maximum Gasteiger partial charge on any atom is 0.263 e. The molecule has 0 radical (unpaired) electrons. The van der Waals surface area contributed by atoms with Gasteiger partial charge in [0.05, 0.1) is 15.1 Å². The van der Waals surface area contributed by atoms with Crippen LogP contribution in [0.5, 0.6) is 0 Å². The van der Waals surface area contributed by atoms with E-state index in [1.165, 1.54) is 11.3 Å². The number of fused-ring (bicyclic) bond motifs is 1. The van der Waals surface area contributed by atoms with E-state index in [4.69, 9.17) is 11.6 Å². The average molecular weight is 413 g/mol. The zero-order valence-corrected chi connectivity index (χ0v) is 16.3. The summed E-state index contributed by atoms with van der Waals surface area (Å²) in [6.45, 7) is 1.86. The van der Waals surface area contributed by atoms with Gasteiger partial charge in [-0.05, 0) is 48.9 Å². The molecule has 3 rings (SSSR count). The lowest BCUT2D eigenvalue weighted by atomic mass is 10.2. The summed E-state index contributed by atoms with van der Waals surface area (Å²) in [5, 5.41) is 0.600. The molecule has 26 heavy (non-hydrogen) atoms. The van der Waals surface area contributed by atoms with E-state index >= 15 is 0 Å². The first-order chi connectivity index (χ1) is 12.2. The van der Waals surface area contributed by atoms with Crippen molar-refractivity contribution in [2.45, 2.75) is 11.8 Å². The highest BCUT2D eigenvalue weighted by molar-refractivity contribution is 7.92. The maximum atomic E-state index is 12.9. The van der Waals surface area contributed by atoms with Gasteiger partial charge in [0, 0.05) is 12.1 Å². The molecule has 0 spiro atoms. The Morgan fingerprint density at radius 1 is 1.23 bits per heavy atom. The fourth-order valence-corrected chi connectivity index (χ4v) is 4.89. The first-order valence-corrected chi connectivity index (χ1v) is 10.3. The Morgan fingerprint density at radius 2 is 1.88 bits per heavy atom. The number of carbonyl (C=O) groups excluding carboxylic acids is 1. The quantitative estimate of drug-likeness (QED) is 0.620. The van der Waals surface area contributed by atoms with Crippen molar-refractivity contribution >= 4 is 48.9 Å². The van der Waals surface area contributed by atoms with Gasteiger partial charge < -0.3 is 4.57 Å². The summed E-state index contributed by atoms with van der Waals surface area (Å²) in [5.41, 5.74) is 1.70. The van der Waals surface area contributed by atoms with Crippen molar-refractivity contribution in [3.8, 4) is 0 Å². The van der Waals surface area contributed by atoms with Crippen LogP contribution in [0.1, 0.15) is 5.56 Å². The summed E-state index contributed by atoms with van der Waals surface area (Å²) in [7, 11) is -2.15. The Morgan fingerprint density at radius 3 is 2.54 bits per heavy atom. The number of nitrogens with zero attached hydrogens (tertiary/aromatic N) is 2. The van der Waals surface area contributed by atoms with Gasteiger partial charge in [0.15, 0.2) is 14.6 Å². The van der Waals surface area contributed by atoms with E-state index in [0.29, 0.717) is 9.82 Å². The normalized spacial score (nSPS) is 12.7. The molecule has 0 saturated heterocycles. The van der Waals surface area contributed by atoms with Crippen LogP contribution in [0.4, 0.5) is 4.39 Å². The first-order valence-electron chi connectivity index (χ1n) is 7.49. The minimum atomic E-state index is -3.89. The van der Waals surface area contributed by atoms with Crippen molar-refractivity contribution in [3.63, 3.8) is 0 Å². The number of amides is 1. The molecule has 1 amide bonds. The molecule has 3 aromatic rings. The molecule has 0 unspecified atom stereocenters. The number of halogens is 2. The first kappa shape index (κ1) is 18.8. The largest absolute Gasteiger partial charge is 0.319 e. The summed E-state index contributed by atoms with van der Waals surface area (Å²) >= 11 is 7.40. The summed E-state index contributed by atoms with van der Waals surface area (Å²) in [6, 6.07) is 7.92. The van der Waals surface area contributed by atoms with Crippen LogP contribution in [0.2, 0.25) is 5.02 Å². The third-order valence-corrected chi connectivity index (χ3v) is 6.98. The van der Waals surface area contributed by atoms with Crippen LogP contribution in [-0.4, -0.2) is 24.6 Å². The smallest absolute Gasteiger partial charge is 0.263 e. The monoisotopic (exact) mass is 412 g/mol. The molecular formula is C17H14ClFN2O3S2. The molecule has 0 saturated carbocycles. The summed E-state index contributed by atoms with van der Waals surface area (Å²) in [5.74, 6) is -2.13. The molecule has 0 bridgehead atoms. The summed E-state index contributed by atoms with van der Waals surface area (Å²) in [6.07, 6.45) is 0. The van der Waals surface area contributed by atoms with Crippen molar-refractivity contribution in [2.75, 3.05) is 5.75 Å². The second-order valence-electron chi connectivity index (χ2n) is 5.68. The van der Waals surface area contributed by atoms with Crippen LogP contribution in [0, 0.1) is 12.7 Å². The van der Waals surface area contributed by atoms with E-state index in [0.717, 1.165) is 40.0 Å². The van der Waals surface area contributed by atoms with Crippen molar-refractivity contribution in [1.82, 2.24) is 4.57 Å². The Bertz CT molecular complexity index is 1180. The number of hydrogen-bond acceptors (Lipinski definition) is 4. The highest BCUT2D eigenvalue weighted by Gasteiger charge is 2.19. The highest BCUT2D eigenvalue weighted by atomic mass is 35.5. The molecule has 5 nitrogen and oxygen atoms in total. The zero-order valence-electron chi connectivity index (χ0n) is 13.9. The maximum absolute atomic E-state index is 12.9. The molecule has 0 aliphatic heterocycles. The van der Waals surface area contributed by atoms with Gasteiger partial charge in [0.25, 0.3) is 5.91 Å². The third kappa shape index (κ3) is 3.58. The van der Waals surface area contributed by atoms with Crippen LogP contribution in [0.3, 0.4) is 0 Å². The number of hydrogen-bond donors (Lipinski definition) is 0. The van der Waals surface area contributed by atoms with Gasteiger partial charge in [-0.15, -0.1) is 0 Å². The predicted octanol–water partition coefficient (Wildman–Crippen LogP) is 3.24. The minimum Gasteiger partial charge on any atom is -0.319 e. The second kappa shape index (κ2) is 6.94. The van der Waals surface area contributed by atoms with Crippen molar-refractivity contribution in [3.05, 3.63) is 57.6 Å². The topological polar surface area (TPSA) is 68.5 Å². The van der Waals surface area contributed by atoms with Crippen LogP contribution in [0.15, 0.2) is 46.3 Å². The Balaban J connectivity index is 1.97. The lowest BCUT2D eigenvalue weighted by Gasteiger charge is -2.02.